The number of para-hydroxylation sites is 1. The lowest BCUT2D eigenvalue weighted by Crippen LogP contribution is -2.37. The van der Waals surface area contributed by atoms with Crippen molar-refractivity contribution < 1.29 is 9.84 Å². The van der Waals surface area contributed by atoms with E-state index in [4.69, 9.17) is 22.7 Å². The van der Waals surface area contributed by atoms with Crippen LogP contribution < -0.4 is 10.5 Å². The number of nitrogens with zero attached hydrogens (tertiary/aromatic N) is 1. The second kappa shape index (κ2) is 8.97. The Morgan fingerprint density at radius 3 is 2.57 bits per heavy atom. The number of hydrogen-bond donors (Lipinski definition) is 2. The number of benzene rings is 1. The molecule has 0 heterocycles. The summed E-state index contributed by atoms with van der Waals surface area (Å²) in [6.45, 7) is 9.15. The smallest absolute Gasteiger partial charge is 0.129 e. The lowest BCUT2D eigenvalue weighted by Gasteiger charge is -2.25. The quantitative estimate of drug-likeness (QED) is 0.684. The lowest BCUT2D eigenvalue weighted by molar-refractivity contribution is 0.0661. The lowest BCUT2D eigenvalue weighted by atomic mass is 10.2. The van der Waals surface area contributed by atoms with Gasteiger partial charge in [-0.2, -0.15) is 0 Å². The minimum absolute atomic E-state index is 0.230. The van der Waals surface area contributed by atoms with Crippen molar-refractivity contribution in [3.05, 3.63) is 29.8 Å². The van der Waals surface area contributed by atoms with Crippen LogP contribution in [0.1, 0.15) is 26.3 Å². The first-order valence-corrected chi connectivity index (χ1v) is 7.76. The van der Waals surface area contributed by atoms with Crippen LogP contribution in [0.5, 0.6) is 5.75 Å². The number of aliphatic hydroxyl groups is 1. The van der Waals surface area contributed by atoms with Crippen molar-refractivity contribution in [3.8, 4) is 5.75 Å². The van der Waals surface area contributed by atoms with Crippen molar-refractivity contribution in [3.63, 3.8) is 0 Å². The van der Waals surface area contributed by atoms with E-state index in [2.05, 4.69) is 25.7 Å². The number of ether oxygens (including phenoxy) is 1. The molecule has 4 nitrogen and oxygen atoms in total. The molecule has 0 saturated heterocycles. The highest BCUT2D eigenvalue weighted by atomic mass is 32.1. The molecule has 0 aliphatic heterocycles. The minimum Gasteiger partial charge on any atom is -0.490 e. The fourth-order valence-electron chi connectivity index (χ4n) is 2.18. The maximum atomic E-state index is 10.1. The van der Waals surface area contributed by atoms with Crippen LogP contribution in [0.25, 0.3) is 0 Å². The summed E-state index contributed by atoms with van der Waals surface area (Å²) >= 11 is 4.99. The summed E-state index contributed by atoms with van der Waals surface area (Å²) in [5.74, 6) is 1.20. The number of rotatable bonds is 9. The Kier molecular flexibility index (Phi) is 7.64. The number of thiocarbonyl (C=S) groups is 1. The van der Waals surface area contributed by atoms with Gasteiger partial charge in [-0.15, -0.1) is 0 Å². The van der Waals surface area contributed by atoms with E-state index >= 15 is 0 Å². The maximum Gasteiger partial charge on any atom is 0.129 e. The molecule has 0 saturated carbocycles. The second-order valence-electron chi connectivity index (χ2n) is 5.57. The van der Waals surface area contributed by atoms with E-state index in [0.29, 0.717) is 28.8 Å². The third-order valence-electron chi connectivity index (χ3n) is 3.12. The van der Waals surface area contributed by atoms with Crippen molar-refractivity contribution in [2.45, 2.75) is 26.9 Å². The molecular formula is C16H26N2O2S. The molecule has 118 valence electrons. The predicted octanol–water partition coefficient (Wildman–Crippen LogP) is 2.04. The number of hydrogen-bond acceptors (Lipinski definition) is 4. The van der Waals surface area contributed by atoms with Crippen molar-refractivity contribution in [2.75, 3.05) is 26.2 Å². The molecule has 3 N–H and O–H groups in total. The van der Waals surface area contributed by atoms with Crippen LogP contribution in [0.3, 0.4) is 0 Å². The van der Waals surface area contributed by atoms with Crippen LogP contribution in [0, 0.1) is 5.92 Å². The Hall–Kier alpha value is -1.17. The van der Waals surface area contributed by atoms with E-state index in [1.54, 1.807) is 0 Å². The molecule has 0 aromatic heterocycles. The molecule has 0 aliphatic rings. The molecule has 1 unspecified atom stereocenters. The van der Waals surface area contributed by atoms with Gasteiger partial charge in [0.05, 0.1) is 5.56 Å². The monoisotopic (exact) mass is 310 g/mol. The van der Waals surface area contributed by atoms with E-state index in [1.807, 2.05) is 24.3 Å². The van der Waals surface area contributed by atoms with E-state index in [-0.39, 0.29) is 6.61 Å². The first-order chi connectivity index (χ1) is 9.93. The highest BCUT2D eigenvalue weighted by molar-refractivity contribution is 7.80. The molecule has 0 fully saturated rings. The van der Waals surface area contributed by atoms with Crippen molar-refractivity contribution in [2.24, 2.45) is 11.7 Å². The topological polar surface area (TPSA) is 58.7 Å². The van der Waals surface area contributed by atoms with E-state index in [1.165, 1.54) is 0 Å². The Morgan fingerprint density at radius 2 is 2.00 bits per heavy atom. The fourth-order valence-corrected chi connectivity index (χ4v) is 2.35. The zero-order valence-corrected chi connectivity index (χ0v) is 13.9. The molecular weight excluding hydrogens is 284 g/mol. The van der Waals surface area contributed by atoms with Gasteiger partial charge in [0.2, 0.25) is 0 Å². The zero-order valence-electron chi connectivity index (χ0n) is 13.1. The van der Waals surface area contributed by atoms with Gasteiger partial charge in [0.1, 0.15) is 23.4 Å². The highest BCUT2D eigenvalue weighted by Crippen LogP contribution is 2.18. The summed E-state index contributed by atoms with van der Waals surface area (Å²) in [5.41, 5.74) is 6.36. The number of aliphatic hydroxyl groups excluding tert-OH is 1. The van der Waals surface area contributed by atoms with Gasteiger partial charge in [-0.05, 0) is 24.6 Å². The summed E-state index contributed by atoms with van der Waals surface area (Å²) in [6, 6.07) is 7.36. The zero-order chi connectivity index (χ0) is 15.8. The Balaban J connectivity index is 2.53. The molecule has 5 heteroatoms. The van der Waals surface area contributed by atoms with Crippen LogP contribution in [0.2, 0.25) is 0 Å². The average Bonchev–Trinajstić information content (AvgIpc) is 2.44. The first-order valence-electron chi connectivity index (χ1n) is 7.36. The van der Waals surface area contributed by atoms with Gasteiger partial charge < -0.3 is 20.5 Å². The summed E-state index contributed by atoms with van der Waals surface area (Å²) < 4.78 is 5.67. The Morgan fingerprint density at radius 1 is 1.33 bits per heavy atom. The van der Waals surface area contributed by atoms with E-state index < -0.39 is 6.10 Å². The first kappa shape index (κ1) is 17.9. The Bertz CT molecular complexity index is 452. The molecule has 1 atom stereocenters. The average molecular weight is 310 g/mol. The molecule has 1 rings (SSSR count). The number of likely N-dealkylation sites (N-methyl/N-ethyl adjacent to an activating group) is 1. The molecule has 0 bridgehead atoms. The van der Waals surface area contributed by atoms with Gasteiger partial charge in [-0.1, -0.05) is 45.1 Å². The van der Waals surface area contributed by atoms with Crippen molar-refractivity contribution in [1.82, 2.24) is 4.90 Å². The van der Waals surface area contributed by atoms with Gasteiger partial charge in [-0.25, -0.2) is 0 Å². The second-order valence-corrected chi connectivity index (χ2v) is 6.01. The van der Waals surface area contributed by atoms with Gasteiger partial charge >= 0.3 is 0 Å². The molecule has 0 radical (unpaired) electrons. The SMILES string of the molecule is CCN(CC(C)C)CC(O)COc1ccccc1C(N)=S. The van der Waals surface area contributed by atoms with Crippen LogP contribution in [-0.2, 0) is 0 Å². The molecule has 0 amide bonds. The molecule has 1 aromatic carbocycles. The molecule has 1 aromatic rings. The van der Waals surface area contributed by atoms with Gasteiger partial charge in [-0.3, -0.25) is 0 Å². The molecule has 21 heavy (non-hydrogen) atoms. The fraction of sp³-hybridized carbons (Fsp3) is 0.562. The summed E-state index contributed by atoms with van der Waals surface area (Å²) in [7, 11) is 0. The van der Waals surface area contributed by atoms with Gasteiger partial charge in [0, 0.05) is 13.1 Å². The van der Waals surface area contributed by atoms with E-state index in [9.17, 15) is 5.11 Å². The third kappa shape index (κ3) is 6.42. The number of nitrogens with two attached hydrogens (primary N) is 1. The van der Waals surface area contributed by atoms with Crippen LogP contribution >= 0.6 is 12.2 Å². The Labute approximate surface area is 132 Å². The predicted molar refractivity (Wildman–Crippen MR) is 90.8 cm³/mol. The van der Waals surface area contributed by atoms with Gasteiger partial charge in [0.25, 0.3) is 0 Å². The highest BCUT2D eigenvalue weighted by Gasteiger charge is 2.13. The summed E-state index contributed by atoms with van der Waals surface area (Å²) in [6.07, 6.45) is -0.539. The van der Waals surface area contributed by atoms with Gasteiger partial charge in [0.15, 0.2) is 0 Å². The molecule has 0 spiro atoms. The van der Waals surface area contributed by atoms with Crippen molar-refractivity contribution in [1.29, 1.82) is 0 Å². The van der Waals surface area contributed by atoms with Crippen LogP contribution in [-0.4, -0.2) is 47.3 Å². The summed E-state index contributed by atoms with van der Waals surface area (Å²) in [5, 5.41) is 10.1. The van der Waals surface area contributed by atoms with Crippen LogP contribution in [0.4, 0.5) is 0 Å². The standard InChI is InChI=1S/C16H26N2O2S/c1-4-18(9-12(2)3)10-13(19)11-20-15-8-6-5-7-14(15)16(17)21/h5-8,12-13,19H,4,9-11H2,1-3H3,(H2,17,21). The third-order valence-corrected chi connectivity index (χ3v) is 3.34. The molecule has 0 aliphatic carbocycles. The van der Waals surface area contributed by atoms with E-state index in [0.717, 1.165) is 13.1 Å². The summed E-state index contributed by atoms with van der Waals surface area (Å²) in [4.78, 5) is 2.52. The van der Waals surface area contributed by atoms with Crippen LogP contribution in [0.15, 0.2) is 24.3 Å². The van der Waals surface area contributed by atoms with Crippen molar-refractivity contribution >= 4 is 17.2 Å². The normalized spacial score (nSPS) is 12.7. The largest absolute Gasteiger partial charge is 0.490 e. The maximum absolute atomic E-state index is 10.1. The minimum atomic E-state index is -0.539.